The van der Waals surface area contributed by atoms with Crippen LogP contribution in [0.15, 0.2) is 30.3 Å². The monoisotopic (exact) mass is 413 g/mol. The van der Waals surface area contributed by atoms with Gasteiger partial charge in [0.25, 0.3) is 0 Å². The van der Waals surface area contributed by atoms with Gasteiger partial charge in [-0.25, -0.2) is 4.68 Å². The quantitative estimate of drug-likeness (QED) is 0.445. The molecule has 2 unspecified atom stereocenters. The zero-order valence-corrected chi connectivity index (χ0v) is 17.6. The highest BCUT2D eigenvalue weighted by molar-refractivity contribution is 6.21. The lowest BCUT2D eigenvalue weighted by Gasteiger charge is -2.20. The van der Waals surface area contributed by atoms with Crippen molar-refractivity contribution in [1.82, 2.24) is 15.0 Å². The SMILES string of the molecule is CCOC(=O)CC(c1ccc2c(c1)C(Cl)CC2)c1cc(OC)c2c(c1)nnn2C. The number of hydrogen-bond donors (Lipinski definition) is 0. The van der Waals surface area contributed by atoms with Crippen LogP contribution in [0.25, 0.3) is 11.0 Å². The van der Waals surface area contributed by atoms with Crippen LogP contribution in [0.1, 0.15) is 53.3 Å². The number of benzene rings is 2. The van der Waals surface area contributed by atoms with Crippen molar-refractivity contribution in [3.8, 4) is 5.75 Å². The van der Waals surface area contributed by atoms with Gasteiger partial charge in [-0.1, -0.05) is 23.4 Å². The Bertz CT molecular complexity index is 1060. The third kappa shape index (κ3) is 3.69. The van der Waals surface area contributed by atoms with Crippen molar-refractivity contribution in [3.63, 3.8) is 0 Å². The van der Waals surface area contributed by atoms with Crippen LogP contribution >= 0.6 is 11.6 Å². The van der Waals surface area contributed by atoms with Gasteiger partial charge in [0.1, 0.15) is 16.8 Å². The fourth-order valence-electron chi connectivity index (χ4n) is 4.13. The molecule has 0 saturated heterocycles. The number of carbonyl (C=O) groups excluding carboxylic acids is 1. The minimum Gasteiger partial charge on any atom is -0.494 e. The summed E-state index contributed by atoms with van der Waals surface area (Å²) in [5.41, 5.74) is 5.96. The average Bonchev–Trinajstić information content (AvgIpc) is 3.28. The first kappa shape index (κ1) is 19.7. The lowest BCUT2D eigenvalue weighted by Crippen LogP contribution is -2.12. The highest BCUT2D eigenvalue weighted by atomic mass is 35.5. The van der Waals surface area contributed by atoms with E-state index in [1.165, 1.54) is 5.56 Å². The van der Waals surface area contributed by atoms with Crippen LogP contribution in [0, 0.1) is 0 Å². The van der Waals surface area contributed by atoms with Crippen molar-refractivity contribution in [3.05, 3.63) is 52.6 Å². The number of halogens is 1. The molecule has 0 amide bonds. The van der Waals surface area contributed by atoms with E-state index < -0.39 is 0 Å². The summed E-state index contributed by atoms with van der Waals surface area (Å²) in [5, 5.41) is 8.37. The summed E-state index contributed by atoms with van der Waals surface area (Å²) in [7, 11) is 3.45. The normalized spacial score (nSPS) is 16.6. The smallest absolute Gasteiger partial charge is 0.306 e. The Hall–Kier alpha value is -2.60. The topological polar surface area (TPSA) is 66.2 Å². The van der Waals surface area contributed by atoms with Crippen molar-refractivity contribution < 1.29 is 14.3 Å². The van der Waals surface area contributed by atoms with Crippen LogP contribution < -0.4 is 4.74 Å². The van der Waals surface area contributed by atoms with Crippen LogP contribution in [-0.4, -0.2) is 34.7 Å². The Balaban J connectivity index is 1.82. The molecule has 0 aliphatic heterocycles. The maximum absolute atomic E-state index is 12.4. The molecule has 3 aromatic rings. The third-order valence-electron chi connectivity index (χ3n) is 5.56. The van der Waals surface area contributed by atoms with Gasteiger partial charge in [0.05, 0.1) is 25.5 Å². The van der Waals surface area contributed by atoms with E-state index in [2.05, 4.69) is 28.5 Å². The molecule has 2 aromatic carbocycles. The largest absolute Gasteiger partial charge is 0.494 e. The van der Waals surface area contributed by atoms with E-state index in [0.29, 0.717) is 12.4 Å². The van der Waals surface area contributed by atoms with Gasteiger partial charge < -0.3 is 9.47 Å². The summed E-state index contributed by atoms with van der Waals surface area (Å²) in [4.78, 5) is 12.4. The Morgan fingerprint density at radius 3 is 2.90 bits per heavy atom. The van der Waals surface area contributed by atoms with Crippen LogP contribution in [0.3, 0.4) is 0 Å². The van der Waals surface area contributed by atoms with E-state index in [1.54, 1.807) is 11.8 Å². The third-order valence-corrected chi connectivity index (χ3v) is 6.02. The summed E-state index contributed by atoms with van der Waals surface area (Å²) in [6, 6.07) is 10.3. The van der Waals surface area contributed by atoms with Crippen LogP contribution in [0.2, 0.25) is 0 Å². The summed E-state index contributed by atoms with van der Waals surface area (Å²) in [5.74, 6) is 0.248. The lowest BCUT2D eigenvalue weighted by molar-refractivity contribution is -0.143. The standard InChI is InChI=1S/C22H24ClN3O3/c1-4-29-21(27)12-16(14-6-5-13-7-8-18(23)17(13)9-14)15-10-19-22(20(11-15)28-3)26(2)25-24-19/h5-6,9-11,16,18H,4,7-8,12H2,1-3H3. The van der Waals surface area contributed by atoms with Gasteiger partial charge in [-0.2, -0.15) is 0 Å². The molecule has 1 heterocycles. The second-order valence-corrected chi connectivity index (χ2v) is 7.86. The van der Waals surface area contributed by atoms with Gasteiger partial charge in [0.15, 0.2) is 0 Å². The number of rotatable bonds is 6. The molecule has 7 heteroatoms. The fourth-order valence-corrected chi connectivity index (χ4v) is 4.45. The Morgan fingerprint density at radius 1 is 1.31 bits per heavy atom. The highest BCUT2D eigenvalue weighted by Gasteiger charge is 2.26. The number of hydrogen-bond acceptors (Lipinski definition) is 5. The maximum atomic E-state index is 12.4. The highest BCUT2D eigenvalue weighted by Crippen LogP contribution is 2.40. The number of esters is 1. The molecule has 1 aromatic heterocycles. The molecular weight excluding hydrogens is 390 g/mol. The maximum Gasteiger partial charge on any atom is 0.306 e. The number of nitrogens with zero attached hydrogens (tertiary/aromatic N) is 3. The van der Waals surface area contributed by atoms with Gasteiger partial charge in [-0.05, 0) is 54.2 Å². The predicted octanol–water partition coefficient (Wildman–Crippen LogP) is 4.29. The van der Waals surface area contributed by atoms with E-state index >= 15 is 0 Å². The van der Waals surface area contributed by atoms with Crippen LogP contribution in [0.5, 0.6) is 5.75 Å². The summed E-state index contributed by atoms with van der Waals surface area (Å²) < 4.78 is 12.5. The van der Waals surface area contributed by atoms with Crippen molar-refractivity contribution >= 4 is 28.6 Å². The van der Waals surface area contributed by atoms with Crippen molar-refractivity contribution in [2.45, 2.75) is 37.5 Å². The molecule has 152 valence electrons. The number of alkyl halides is 1. The molecule has 6 nitrogen and oxygen atoms in total. The molecule has 29 heavy (non-hydrogen) atoms. The number of methoxy groups -OCH3 is 1. The molecular formula is C22H24ClN3O3. The van der Waals surface area contributed by atoms with Gasteiger partial charge in [0, 0.05) is 13.0 Å². The fraction of sp³-hybridized carbons (Fsp3) is 0.409. The second kappa shape index (κ2) is 8.03. The molecule has 0 spiro atoms. The Morgan fingerprint density at radius 2 is 2.14 bits per heavy atom. The zero-order valence-electron chi connectivity index (χ0n) is 16.8. The number of fused-ring (bicyclic) bond motifs is 2. The first-order valence-electron chi connectivity index (χ1n) is 9.81. The average molecular weight is 414 g/mol. The number of aromatic nitrogens is 3. The van der Waals surface area contributed by atoms with E-state index in [-0.39, 0.29) is 23.7 Å². The van der Waals surface area contributed by atoms with Crippen LogP contribution in [0.4, 0.5) is 0 Å². The molecule has 1 aliphatic rings. The first-order valence-corrected chi connectivity index (χ1v) is 10.2. The summed E-state index contributed by atoms with van der Waals surface area (Å²) in [6.45, 7) is 2.17. The molecule has 0 radical (unpaired) electrons. The van der Waals surface area contributed by atoms with Gasteiger partial charge in [0.2, 0.25) is 0 Å². The molecule has 0 fully saturated rings. The van der Waals surface area contributed by atoms with Crippen molar-refractivity contribution in [1.29, 1.82) is 0 Å². The molecule has 1 aliphatic carbocycles. The van der Waals surface area contributed by atoms with Crippen LogP contribution in [-0.2, 0) is 23.0 Å². The van der Waals surface area contributed by atoms with E-state index in [1.807, 2.05) is 26.1 Å². The van der Waals surface area contributed by atoms with E-state index in [4.69, 9.17) is 21.1 Å². The Kier molecular flexibility index (Phi) is 5.46. The molecule has 2 atom stereocenters. The minimum absolute atomic E-state index is 0.0187. The van der Waals surface area contributed by atoms with Gasteiger partial charge >= 0.3 is 5.97 Å². The second-order valence-electron chi connectivity index (χ2n) is 7.33. The number of ether oxygens (including phenoxy) is 2. The Labute approximate surface area is 174 Å². The predicted molar refractivity (Wildman–Crippen MR) is 112 cm³/mol. The van der Waals surface area contributed by atoms with Gasteiger partial charge in [-0.15, -0.1) is 16.7 Å². The molecule has 0 saturated carbocycles. The zero-order chi connectivity index (χ0) is 20.5. The summed E-state index contributed by atoms with van der Waals surface area (Å²) in [6.07, 6.45) is 2.17. The lowest BCUT2D eigenvalue weighted by atomic mass is 9.86. The molecule has 0 bridgehead atoms. The molecule has 4 rings (SSSR count). The van der Waals surface area contributed by atoms with Crippen molar-refractivity contribution in [2.75, 3.05) is 13.7 Å². The first-order chi connectivity index (χ1) is 14.0. The van der Waals surface area contributed by atoms with Gasteiger partial charge in [-0.3, -0.25) is 4.79 Å². The summed E-state index contributed by atoms with van der Waals surface area (Å²) >= 11 is 6.52. The van der Waals surface area contributed by atoms with E-state index in [9.17, 15) is 4.79 Å². The minimum atomic E-state index is -0.237. The number of carbonyl (C=O) groups is 1. The van der Waals surface area contributed by atoms with E-state index in [0.717, 1.165) is 40.6 Å². The number of aryl methyl sites for hydroxylation is 2. The molecule has 0 N–H and O–H groups in total. The van der Waals surface area contributed by atoms with Crippen molar-refractivity contribution in [2.24, 2.45) is 7.05 Å².